The first-order valence-corrected chi connectivity index (χ1v) is 8.73. The van der Waals surface area contributed by atoms with Crippen LogP contribution in [-0.2, 0) is 19.1 Å². The minimum Gasteiger partial charge on any atom is -0.461 e. The van der Waals surface area contributed by atoms with Gasteiger partial charge in [-0.15, -0.1) is 0 Å². The summed E-state index contributed by atoms with van der Waals surface area (Å²) in [7, 11) is 0. The van der Waals surface area contributed by atoms with Crippen LogP contribution in [0.15, 0.2) is 23.5 Å². The molecule has 0 fully saturated rings. The molecular weight excluding hydrogens is 292 g/mol. The second kappa shape index (κ2) is 10.2. The molecule has 0 aromatic rings. The highest BCUT2D eigenvalue weighted by Gasteiger charge is 2.36. The van der Waals surface area contributed by atoms with E-state index in [1.165, 1.54) is 39.5 Å². The number of ether oxygens (including phenoxy) is 2. The molecule has 23 heavy (non-hydrogen) atoms. The van der Waals surface area contributed by atoms with Gasteiger partial charge < -0.3 is 9.47 Å². The van der Waals surface area contributed by atoms with E-state index in [0.717, 1.165) is 18.4 Å². The van der Waals surface area contributed by atoms with Crippen LogP contribution in [0.3, 0.4) is 0 Å². The normalized spacial score (nSPS) is 21.0. The summed E-state index contributed by atoms with van der Waals surface area (Å²) >= 11 is 0. The van der Waals surface area contributed by atoms with Crippen LogP contribution in [0.2, 0.25) is 0 Å². The second-order valence-electron chi connectivity index (χ2n) is 6.05. The molecular formula is C19H30O4. The minimum atomic E-state index is -0.322. The number of hydrogen-bond acceptors (Lipinski definition) is 4. The van der Waals surface area contributed by atoms with E-state index in [-0.39, 0.29) is 24.0 Å². The van der Waals surface area contributed by atoms with Crippen LogP contribution in [0.25, 0.3) is 0 Å². The molecule has 1 aliphatic rings. The van der Waals surface area contributed by atoms with Crippen molar-refractivity contribution in [1.82, 2.24) is 0 Å². The quantitative estimate of drug-likeness (QED) is 0.351. The Labute approximate surface area is 139 Å². The van der Waals surface area contributed by atoms with Crippen LogP contribution in [0, 0.1) is 5.92 Å². The Morgan fingerprint density at radius 1 is 1.13 bits per heavy atom. The molecule has 1 rings (SSSR count). The molecule has 0 saturated carbocycles. The van der Waals surface area contributed by atoms with E-state index in [4.69, 9.17) is 9.47 Å². The van der Waals surface area contributed by atoms with E-state index in [1.54, 1.807) is 0 Å². The topological polar surface area (TPSA) is 52.6 Å². The Bertz CT molecular complexity index is 462. The summed E-state index contributed by atoms with van der Waals surface area (Å²) in [6, 6.07) is 0. The lowest BCUT2D eigenvalue weighted by molar-refractivity contribution is -0.147. The largest absolute Gasteiger partial charge is 0.461 e. The van der Waals surface area contributed by atoms with E-state index in [0.29, 0.717) is 12.2 Å². The Hall–Kier alpha value is -1.58. The molecule has 0 N–H and O–H groups in total. The summed E-state index contributed by atoms with van der Waals surface area (Å²) in [5.74, 6) is 0.0731. The van der Waals surface area contributed by atoms with Gasteiger partial charge in [-0.3, -0.25) is 9.59 Å². The first-order chi connectivity index (χ1) is 11.0. The van der Waals surface area contributed by atoms with Crippen molar-refractivity contribution in [1.29, 1.82) is 0 Å². The minimum absolute atomic E-state index is 0.0180. The molecule has 0 bridgehead atoms. The number of allylic oxidation sites excluding steroid dienone is 1. The van der Waals surface area contributed by atoms with Gasteiger partial charge in [-0.25, -0.2) is 0 Å². The lowest BCUT2D eigenvalue weighted by Gasteiger charge is -2.18. The second-order valence-corrected chi connectivity index (χ2v) is 6.05. The van der Waals surface area contributed by atoms with E-state index >= 15 is 0 Å². The van der Waals surface area contributed by atoms with Crippen molar-refractivity contribution in [3.05, 3.63) is 23.5 Å². The third kappa shape index (κ3) is 6.59. The van der Waals surface area contributed by atoms with Gasteiger partial charge in [-0.2, -0.15) is 0 Å². The molecule has 0 unspecified atom stereocenters. The van der Waals surface area contributed by atoms with Crippen LogP contribution in [0.5, 0.6) is 0 Å². The maximum absolute atomic E-state index is 11.3. The number of carbonyl (C=O) groups is 2. The zero-order valence-electron chi connectivity index (χ0n) is 14.9. The highest BCUT2D eigenvalue weighted by Crippen LogP contribution is 2.38. The van der Waals surface area contributed by atoms with Gasteiger partial charge in [0.1, 0.15) is 11.9 Å². The summed E-state index contributed by atoms with van der Waals surface area (Å²) < 4.78 is 10.8. The van der Waals surface area contributed by atoms with E-state index in [1.807, 2.05) is 6.92 Å². The monoisotopic (exact) mass is 322 g/mol. The number of hydrogen-bond donors (Lipinski definition) is 0. The van der Waals surface area contributed by atoms with Crippen LogP contribution in [0.4, 0.5) is 0 Å². The zero-order valence-corrected chi connectivity index (χ0v) is 14.9. The predicted octanol–water partition coefficient (Wildman–Crippen LogP) is 4.69. The van der Waals surface area contributed by atoms with Crippen molar-refractivity contribution in [3.8, 4) is 0 Å². The van der Waals surface area contributed by atoms with Crippen LogP contribution < -0.4 is 0 Å². The fraction of sp³-hybridized carbons (Fsp3) is 0.684. The highest BCUT2D eigenvalue weighted by molar-refractivity contribution is 5.68. The summed E-state index contributed by atoms with van der Waals surface area (Å²) in [5, 5.41) is 0. The molecule has 1 aliphatic carbocycles. The van der Waals surface area contributed by atoms with Crippen LogP contribution >= 0.6 is 0 Å². The average Bonchev–Trinajstić information content (AvgIpc) is 2.77. The SMILES string of the molecule is CCCCCC/C=C/[C@@H]1C(CC)=C(OC(C)=O)C[C@H]1OC(C)=O. The number of unbranched alkanes of at least 4 members (excludes halogenated alkanes) is 4. The van der Waals surface area contributed by atoms with Crippen molar-refractivity contribution >= 4 is 11.9 Å². The van der Waals surface area contributed by atoms with Gasteiger partial charge in [0.15, 0.2) is 0 Å². The lowest BCUT2D eigenvalue weighted by Crippen LogP contribution is -2.21. The van der Waals surface area contributed by atoms with E-state index < -0.39 is 0 Å². The molecule has 0 aliphatic heterocycles. The van der Waals surface area contributed by atoms with Gasteiger partial charge in [0.05, 0.1) is 0 Å². The fourth-order valence-electron chi connectivity index (χ4n) is 3.06. The molecule has 4 heteroatoms. The lowest BCUT2D eigenvalue weighted by atomic mass is 9.96. The van der Waals surface area contributed by atoms with Crippen LogP contribution in [-0.4, -0.2) is 18.0 Å². The number of carbonyl (C=O) groups excluding carboxylic acids is 2. The summed E-state index contributed by atoms with van der Waals surface area (Å²) in [6.45, 7) is 7.06. The summed E-state index contributed by atoms with van der Waals surface area (Å²) in [4.78, 5) is 22.6. The molecule has 2 atom stereocenters. The number of esters is 2. The molecule has 0 aromatic heterocycles. The molecule has 0 heterocycles. The smallest absolute Gasteiger partial charge is 0.307 e. The van der Waals surface area contributed by atoms with Crippen molar-refractivity contribution in [2.45, 2.75) is 78.7 Å². The van der Waals surface area contributed by atoms with Crippen LogP contribution in [0.1, 0.15) is 72.6 Å². The average molecular weight is 322 g/mol. The third-order valence-corrected chi connectivity index (χ3v) is 4.08. The molecule has 0 aromatic carbocycles. The molecule has 0 saturated heterocycles. The standard InChI is InChI=1S/C19H30O4/c1-5-7-8-9-10-11-12-17-16(6-2)18(22-14(3)20)13-19(17)23-15(4)21/h11-12,17,19H,5-10,13H2,1-4H3/b12-11+/t17-,19-/m1/s1. The van der Waals surface area contributed by atoms with Gasteiger partial charge in [0.2, 0.25) is 0 Å². The zero-order chi connectivity index (χ0) is 17.2. The van der Waals surface area contributed by atoms with Crippen molar-refractivity contribution in [2.24, 2.45) is 5.92 Å². The molecule has 130 valence electrons. The van der Waals surface area contributed by atoms with Gasteiger partial charge in [-0.1, -0.05) is 45.3 Å². The molecule has 0 amide bonds. The predicted molar refractivity (Wildman–Crippen MR) is 90.6 cm³/mol. The Kier molecular flexibility index (Phi) is 8.67. The van der Waals surface area contributed by atoms with Gasteiger partial charge in [0, 0.05) is 26.2 Å². The fourth-order valence-corrected chi connectivity index (χ4v) is 3.06. The third-order valence-electron chi connectivity index (χ3n) is 4.08. The van der Waals surface area contributed by atoms with Crippen molar-refractivity contribution in [3.63, 3.8) is 0 Å². The molecule has 0 spiro atoms. The Balaban J connectivity index is 2.76. The van der Waals surface area contributed by atoms with Crippen molar-refractivity contribution < 1.29 is 19.1 Å². The Morgan fingerprint density at radius 2 is 1.87 bits per heavy atom. The first kappa shape index (κ1) is 19.5. The highest BCUT2D eigenvalue weighted by atomic mass is 16.6. The number of rotatable bonds is 9. The first-order valence-electron chi connectivity index (χ1n) is 8.73. The molecule has 4 nitrogen and oxygen atoms in total. The van der Waals surface area contributed by atoms with E-state index in [2.05, 4.69) is 19.1 Å². The summed E-state index contributed by atoms with van der Waals surface area (Å²) in [5.41, 5.74) is 1.07. The maximum Gasteiger partial charge on any atom is 0.307 e. The van der Waals surface area contributed by atoms with Gasteiger partial charge in [-0.05, 0) is 24.8 Å². The van der Waals surface area contributed by atoms with Gasteiger partial charge >= 0.3 is 11.9 Å². The van der Waals surface area contributed by atoms with Crippen molar-refractivity contribution in [2.75, 3.05) is 0 Å². The molecule has 0 radical (unpaired) electrons. The maximum atomic E-state index is 11.3. The van der Waals surface area contributed by atoms with Gasteiger partial charge in [0.25, 0.3) is 0 Å². The van der Waals surface area contributed by atoms with E-state index in [9.17, 15) is 9.59 Å². The summed E-state index contributed by atoms with van der Waals surface area (Å²) in [6.07, 6.45) is 11.2. The Morgan fingerprint density at radius 3 is 2.43 bits per heavy atom.